The van der Waals surface area contributed by atoms with Crippen LogP contribution >= 0.6 is 0 Å². The van der Waals surface area contributed by atoms with Crippen molar-refractivity contribution in [3.05, 3.63) is 25.3 Å². The Kier molecular flexibility index (Phi) is 10.6. The maximum Gasteiger partial charge on any atom is 0.384 e. The molecular weight excluding hydrogens is 270 g/mol. The van der Waals surface area contributed by atoms with E-state index in [9.17, 15) is 9.59 Å². The summed E-state index contributed by atoms with van der Waals surface area (Å²) in [4.78, 5) is 24.6. The number of ether oxygens (including phenoxy) is 2. The van der Waals surface area contributed by atoms with Gasteiger partial charge in [0.05, 0.1) is 19.8 Å². The van der Waals surface area contributed by atoms with Crippen molar-refractivity contribution in [1.82, 2.24) is 4.90 Å². The Morgan fingerprint density at radius 3 is 2.38 bits per heavy atom. The molecule has 5 nitrogen and oxygen atoms in total. The average Bonchev–Trinajstić information content (AvgIpc) is 2.47. The van der Waals surface area contributed by atoms with Gasteiger partial charge in [0.2, 0.25) is 0 Å². The fourth-order valence-electron chi connectivity index (χ4n) is 1.69. The van der Waals surface area contributed by atoms with Crippen LogP contribution in [-0.4, -0.2) is 49.7 Å². The molecule has 0 aromatic carbocycles. The van der Waals surface area contributed by atoms with E-state index in [2.05, 4.69) is 29.7 Å². The number of carbonyl (C=O) groups is 2. The van der Waals surface area contributed by atoms with Gasteiger partial charge in [-0.3, -0.25) is 9.69 Å². The molecule has 0 amide bonds. The number of nitrogens with zero attached hydrogens (tertiary/aromatic N) is 1. The lowest BCUT2D eigenvalue weighted by Gasteiger charge is -2.25. The normalized spacial score (nSPS) is 11.0. The highest BCUT2D eigenvalue weighted by molar-refractivity contribution is 5.88. The van der Waals surface area contributed by atoms with Crippen molar-refractivity contribution in [3.63, 3.8) is 0 Å². The molecule has 0 radical (unpaired) electrons. The lowest BCUT2D eigenvalue weighted by molar-refractivity contribution is -0.143. The second-order valence-corrected chi connectivity index (χ2v) is 4.15. The Morgan fingerprint density at radius 1 is 1.29 bits per heavy atom. The molecule has 0 aromatic heterocycles. The summed E-state index contributed by atoms with van der Waals surface area (Å²) in [5.41, 5.74) is 0. The van der Waals surface area contributed by atoms with E-state index in [0.717, 1.165) is 0 Å². The summed E-state index contributed by atoms with van der Waals surface area (Å²) < 4.78 is 9.40. The lowest BCUT2D eigenvalue weighted by Crippen LogP contribution is -2.35. The Balaban J connectivity index is 4.90. The van der Waals surface area contributed by atoms with Crippen molar-refractivity contribution >= 4 is 11.9 Å². The molecule has 0 saturated heterocycles. The van der Waals surface area contributed by atoms with Crippen LogP contribution in [0.2, 0.25) is 0 Å². The molecule has 5 heteroatoms. The van der Waals surface area contributed by atoms with E-state index in [1.54, 1.807) is 19.1 Å². The smallest absolute Gasteiger partial charge is 0.384 e. The Bertz CT molecular complexity index is 410. The highest BCUT2D eigenvalue weighted by atomic mass is 16.5. The summed E-state index contributed by atoms with van der Waals surface area (Å²) in [6.45, 7) is 10.7. The van der Waals surface area contributed by atoms with Gasteiger partial charge in [0, 0.05) is 25.4 Å². The first-order valence-corrected chi connectivity index (χ1v) is 6.79. The van der Waals surface area contributed by atoms with Gasteiger partial charge >= 0.3 is 11.9 Å². The lowest BCUT2D eigenvalue weighted by atomic mass is 10.1. The average molecular weight is 293 g/mol. The molecule has 21 heavy (non-hydrogen) atoms. The van der Waals surface area contributed by atoms with E-state index in [1.807, 2.05) is 4.90 Å². The van der Waals surface area contributed by atoms with Gasteiger partial charge in [-0.25, -0.2) is 4.79 Å². The van der Waals surface area contributed by atoms with Crippen LogP contribution < -0.4 is 0 Å². The molecule has 0 bridgehead atoms. The molecule has 1 atom stereocenters. The Hall–Kier alpha value is -2.06. The molecule has 0 saturated carbocycles. The minimum atomic E-state index is -0.603. The number of hydrogen-bond donors (Lipinski definition) is 0. The standard InChI is InChI=1S/C16H23NO4/c1-5-12-17(13-6-2)14(8-10-15(18)20-4)9-11-16(19)21-7-3/h5-6,14H,1-2,7,9,11-13H2,3-4H3/t14-/m1/s1. The summed E-state index contributed by atoms with van der Waals surface area (Å²) in [6.07, 6.45) is 4.17. The SMILES string of the molecule is C=CCN(CC=C)[C@H](C#CC(=O)OC)CCC(=O)OCC. The zero-order valence-electron chi connectivity index (χ0n) is 12.8. The molecule has 0 unspecified atom stereocenters. The number of hydrogen-bond acceptors (Lipinski definition) is 5. The quantitative estimate of drug-likeness (QED) is 0.279. The molecule has 0 aliphatic heterocycles. The minimum absolute atomic E-state index is 0.235. The summed E-state index contributed by atoms with van der Waals surface area (Å²) in [5, 5.41) is 0. The molecule has 0 aromatic rings. The highest BCUT2D eigenvalue weighted by Gasteiger charge is 2.16. The van der Waals surface area contributed by atoms with Crippen molar-refractivity contribution in [2.45, 2.75) is 25.8 Å². The van der Waals surface area contributed by atoms with Crippen molar-refractivity contribution in [2.24, 2.45) is 0 Å². The van der Waals surface area contributed by atoms with Crippen molar-refractivity contribution in [3.8, 4) is 11.8 Å². The second kappa shape index (κ2) is 11.7. The largest absolute Gasteiger partial charge is 0.466 e. The predicted molar refractivity (Wildman–Crippen MR) is 81.4 cm³/mol. The van der Waals surface area contributed by atoms with E-state index in [1.165, 1.54) is 7.11 Å². The summed E-state index contributed by atoms with van der Waals surface area (Å²) in [6, 6.07) is -0.274. The van der Waals surface area contributed by atoms with Gasteiger partial charge in [-0.1, -0.05) is 18.1 Å². The minimum Gasteiger partial charge on any atom is -0.466 e. The number of rotatable bonds is 9. The van der Waals surface area contributed by atoms with Crippen molar-refractivity contribution in [2.75, 3.05) is 26.8 Å². The highest BCUT2D eigenvalue weighted by Crippen LogP contribution is 2.08. The maximum absolute atomic E-state index is 11.5. The molecule has 0 heterocycles. The van der Waals surface area contributed by atoms with Gasteiger partial charge in [0.15, 0.2) is 0 Å². The van der Waals surface area contributed by atoms with Gasteiger partial charge in [-0.15, -0.1) is 13.2 Å². The van der Waals surface area contributed by atoms with Gasteiger partial charge in [0.25, 0.3) is 0 Å². The number of carbonyl (C=O) groups excluding carboxylic acids is 2. The third kappa shape index (κ3) is 8.66. The monoisotopic (exact) mass is 293 g/mol. The summed E-state index contributed by atoms with van der Waals surface area (Å²) in [5.74, 6) is 4.37. The maximum atomic E-state index is 11.5. The van der Waals surface area contributed by atoms with Gasteiger partial charge in [-0.2, -0.15) is 0 Å². The van der Waals surface area contributed by atoms with Crippen LogP contribution in [0.3, 0.4) is 0 Å². The molecule has 0 aliphatic carbocycles. The van der Waals surface area contributed by atoms with Crippen LogP contribution in [-0.2, 0) is 19.1 Å². The Labute approximate surface area is 126 Å². The molecule has 116 valence electrons. The number of esters is 2. The summed E-state index contributed by atoms with van der Waals surface area (Å²) in [7, 11) is 1.27. The molecule has 0 spiro atoms. The van der Waals surface area contributed by atoms with Crippen LogP contribution in [0.15, 0.2) is 25.3 Å². The third-order valence-electron chi connectivity index (χ3n) is 2.62. The molecule has 0 N–H and O–H groups in total. The first-order chi connectivity index (χ1) is 10.1. The van der Waals surface area contributed by atoms with Crippen molar-refractivity contribution < 1.29 is 19.1 Å². The van der Waals surface area contributed by atoms with Crippen LogP contribution in [0, 0.1) is 11.8 Å². The third-order valence-corrected chi connectivity index (χ3v) is 2.62. The van der Waals surface area contributed by atoms with E-state index in [0.29, 0.717) is 26.1 Å². The second-order valence-electron chi connectivity index (χ2n) is 4.15. The first kappa shape index (κ1) is 18.9. The Morgan fingerprint density at radius 2 is 1.90 bits per heavy atom. The van der Waals surface area contributed by atoms with E-state index in [4.69, 9.17) is 4.74 Å². The van der Waals surface area contributed by atoms with E-state index >= 15 is 0 Å². The van der Waals surface area contributed by atoms with Crippen LogP contribution in [0.1, 0.15) is 19.8 Å². The zero-order chi connectivity index (χ0) is 16.1. The fraction of sp³-hybridized carbons (Fsp3) is 0.500. The van der Waals surface area contributed by atoms with E-state index < -0.39 is 5.97 Å². The van der Waals surface area contributed by atoms with E-state index in [-0.39, 0.29) is 18.4 Å². The van der Waals surface area contributed by atoms with Gasteiger partial charge in [0.1, 0.15) is 0 Å². The molecular formula is C16H23NO4. The topological polar surface area (TPSA) is 55.8 Å². The predicted octanol–water partition coefficient (Wildman–Crippen LogP) is 1.55. The zero-order valence-corrected chi connectivity index (χ0v) is 12.8. The van der Waals surface area contributed by atoms with Crippen LogP contribution in [0.5, 0.6) is 0 Å². The molecule has 0 fully saturated rings. The van der Waals surface area contributed by atoms with Gasteiger partial charge < -0.3 is 9.47 Å². The summed E-state index contributed by atoms with van der Waals surface area (Å²) >= 11 is 0. The molecule has 0 rings (SSSR count). The molecule has 0 aliphatic rings. The van der Waals surface area contributed by atoms with Crippen molar-refractivity contribution in [1.29, 1.82) is 0 Å². The fourth-order valence-corrected chi connectivity index (χ4v) is 1.69. The first-order valence-electron chi connectivity index (χ1n) is 6.79. The van der Waals surface area contributed by atoms with Gasteiger partial charge in [-0.05, 0) is 13.3 Å². The number of methoxy groups -OCH3 is 1. The van der Waals surface area contributed by atoms with Crippen LogP contribution in [0.4, 0.5) is 0 Å². The van der Waals surface area contributed by atoms with Crippen LogP contribution in [0.25, 0.3) is 0 Å².